The number of alkyl halides is 3. The molecule has 0 atom stereocenters. The second-order valence-corrected chi connectivity index (χ2v) is 6.09. The van der Waals surface area contributed by atoms with Gasteiger partial charge in [-0.15, -0.1) is 0 Å². The zero-order valence-electron chi connectivity index (χ0n) is 14.4. The molecule has 3 aromatic rings. The van der Waals surface area contributed by atoms with E-state index in [1.807, 2.05) is 0 Å². The molecule has 0 aliphatic heterocycles. The second kappa shape index (κ2) is 7.22. The van der Waals surface area contributed by atoms with Crippen molar-refractivity contribution in [1.82, 2.24) is 14.7 Å². The lowest BCUT2D eigenvalue weighted by Crippen LogP contribution is -2.31. The van der Waals surface area contributed by atoms with Crippen LogP contribution in [0.4, 0.5) is 13.2 Å². The van der Waals surface area contributed by atoms with Gasteiger partial charge in [-0.25, -0.2) is 0 Å². The van der Waals surface area contributed by atoms with Crippen LogP contribution in [0, 0.1) is 0 Å². The molecule has 0 aliphatic carbocycles. The molecule has 0 saturated heterocycles. The Morgan fingerprint density at radius 1 is 1.11 bits per heavy atom. The fourth-order valence-electron chi connectivity index (χ4n) is 2.81. The van der Waals surface area contributed by atoms with Crippen molar-refractivity contribution in [1.29, 1.82) is 0 Å². The molecule has 0 saturated carbocycles. The molecule has 8 heteroatoms. The third-order valence-corrected chi connectivity index (χ3v) is 4.20. The number of hydrogen-bond acceptors (Lipinski definition) is 3. The Morgan fingerprint density at radius 2 is 1.78 bits per heavy atom. The molecule has 0 spiro atoms. The van der Waals surface area contributed by atoms with Crippen molar-refractivity contribution in [2.24, 2.45) is 0 Å². The molecule has 0 fully saturated rings. The van der Waals surface area contributed by atoms with Gasteiger partial charge in [0.2, 0.25) is 11.3 Å². The highest BCUT2D eigenvalue weighted by atomic mass is 19.4. The Kier molecular flexibility index (Phi) is 4.98. The van der Waals surface area contributed by atoms with E-state index in [-0.39, 0.29) is 24.1 Å². The summed E-state index contributed by atoms with van der Waals surface area (Å²) in [6, 6.07) is 11.9. The molecule has 5 nitrogen and oxygen atoms in total. The number of fused-ring (bicyclic) bond motifs is 1. The van der Waals surface area contributed by atoms with Crippen LogP contribution < -0.4 is 5.43 Å². The summed E-state index contributed by atoms with van der Waals surface area (Å²) < 4.78 is 40.7. The third kappa shape index (κ3) is 3.99. The first-order chi connectivity index (χ1) is 12.8. The molecule has 2 aromatic carbocycles. The van der Waals surface area contributed by atoms with E-state index in [0.29, 0.717) is 10.9 Å². The molecule has 0 bridgehead atoms. The van der Waals surface area contributed by atoms with Crippen molar-refractivity contribution in [2.45, 2.75) is 19.3 Å². The second-order valence-electron chi connectivity index (χ2n) is 6.09. The molecule has 1 amide bonds. The van der Waals surface area contributed by atoms with Gasteiger partial charge in [0.05, 0.1) is 17.3 Å². The first-order valence-corrected chi connectivity index (χ1v) is 8.11. The summed E-state index contributed by atoms with van der Waals surface area (Å²) in [7, 11) is 1.43. The summed E-state index contributed by atoms with van der Waals surface area (Å²) in [5, 5.41) is 4.39. The van der Waals surface area contributed by atoms with E-state index in [0.717, 1.165) is 12.3 Å². The maximum atomic E-state index is 13.1. The Hall–Kier alpha value is -3.16. The Morgan fingerprint density at radius 3 is 2.52 bits per heavy atom. The molecular weight excluding hydrogens is 359 g/mol. The van der Waals surface area contributed by atoms with Crippen LogP contribution in [0.5, 0.6) is 0 Å². The molecule has 3 rings (SSSR count). The Bertz CT molecular complexity index is 1040. The number of aromatic nitrogens is 2. The summed E-state index contributed by atoms with van der Waals surface area (Å²) >= 11 is 0. The van der Waals surface area contributed by atoms with Crippen molar-refractivity contribution in [3.05, 3.63) is 76.1 Å². The Balaban J connectivity index is 1.82. The minimum Gasteiger partial charge on any atom is -0.340 e. The van der Waals surface area contributed by atoms with Gasteiger partial charge in [-0.05, 0) is 23.8 Å². The highest BCUT2D eigenvalue weighted by Crippen LogP contribution is 2.32. The quantitative estimate of drug-likeness (QED) is 0.704. The monoisotopic (exact) mass is 375 g/mol. The molecular formula is C19H16F3N3O2. The number of para-hydroxylation sites is 1. The first-order valence-electron chi connectivity index (χ1n) is 8.11. The zero-order chi connectivity index (χ0) is 19.6. The minimum atomic E-state index is -4.49. The molecule has 1 heterocycles. The third-order valence-electron chi connectivity index (χ3n) is 4.20. The summed E-state index contributed by atoms with van der Waals surface area (Å²) in [6.07, 6.45) is -3.37. The zero-order valence-corrected chi connectivity index (χ0v) is 14.4. The molecule has 0 radical (unpaired) electrons. The largest absolute Gasteiger partial charge is 0.416 e. The van der Waals surface area contributed by atoms with Crippen LogP contribution >= 0.6 is 0 Å². The number of likely N-dealkylation sites (N-methyl/N-ethyl adjacent to an activating group) is 1. The minimum absolute atomic E-state index is 0.0126. The molecule has 0 aliphatic rings. The number of hydrogen-bond donors (Lipinski definition) is 0. The topological polar surface area (TPSA) is 55.2 Å². The summed E-state index contributed by atoms with van der Waals surface area (Å²) in [6.45, 7) is -0.377. The number of amides is 1. The van der Waals surface area contributed by atoms with Crippen LogP contribution in [0.3, 0.4) is 0 Å². The van der Waals surface area contributed by atoms with E-state index in [4.69, 9.17) is 0 Å². The van der Waals surface area contributed by atoms with Crippen LogP contribution in [0.15, 0.2) is 59.5 Å². The number of rotatable bonds is 4. The fraction of sp³-hybridized carbons (Fsp3) is 0.211. The van der Waals surface area contributed by atoms with Gasteiger partial charge in [0.1, 0.15) is 6.54 Å². The predicted molar refractivity (Wildman–Crippen MR) is 93.9 cm³/mol. The van der Waals surface area contributed by atoms with Crippen molar-refractivity contribution in [2.75, 3.05) is 7.05 Å². The van der Waals surface area contributed by atoms with Gasteiger partial charge in [0.15, 0.2) is 0 Å². The van der Waals surface area contributed by atoms with E-state index >= 15 is 0 Å². The smallest absolute Gasteiger partial charge is 0.340 e. The molecule has 1 aromatic heterocycles. The van der Waals surface area contributed by atoms with E-state index in [9.17, 15) is 22.8 Å². The van der Waals surface area contributed by atoms with Crippen LogP contribution in [0.1, 0.15) is 11.1 Å². The van der Waals surface area contributed by atoms with Crippen molar-refractivity contribution in [3.63, 3.8) is 0 Å². The van der Waals surface area contributed by atoms with Gasteiger partial charge in [0, 0.05) is 19.0 Å². The van der Waals surface area contributed by atoms with Gasteiger partial charge >= 0.3 is 6.18 Å². The summed E-state index contributed by atoms with van der Waals surface area (Å²) in [5.41, 5.74) is -0.528. The van der Waals surface area contributed by atoms with Crippen molar-refractivity contribution in [3.8, 4) is 0 Å². The number of carbonyl (C=O) groups is 1. The highest BCUT2D eigenvalue weighted by molar-refractivity contribution is 5.81. The first kappa shape index (κ1) is 18.6. The maximum Gasteiger partial charge on any atom is 0.416 e. The number of halogens is 3. The van der Waals surface area contributed by atoms with Gasteiger partial charge in [-0.2, -0.15) is 18.3 Å². The average molecular weight is 375 g/mol. The van der Waals surface area contributed by atoms with Crippen molar-refractivity contribution < 1.29 is 18.0 Å². The van der Waals surface area contributed by atoms with Crippen LogP contribution in [0.2, 0.25) is 0 Å². The van der Waals surface area contributed by atoms with E-state index in [2.05, 4.69) is 5.10 Å². The molecule has 140 valence electrons. The number of nitrogens with zero attached hydrogens (tertiary/aromatic N) is 3. The van der Waals surface area contributed by atoms with Crippen LogP contribution in [-0.2, 0) is 24.1 Å². The lowest BCUT2D eigenvalue weighted by Gasteiger charge is -2.21. The van der Waals surface area contributed by atoms with E-state index in [1.54, 1.807) is 24.3 Å². The standard InChI is InChI=1S/C19H16F3N3O2/c1-24(11-13-6-2-4-8-15(13)19(20,21)22)18(27)12-25-16-9-5-3-7-14(16)17(26)10-23-25/h2-10H,11-12H2,1H3. The number of benzene rings is 2. The molecule has 27 heavy (non-hydrogen) atoms. The van der Waals surface area contributed by atoms with E-state index in [1.165, 1.54) is 34.8 Å². The van der Waals surface area contributed by atoms with Crippen LogP contribution in [-0.4, -0.2) is 27.6 Å². The molecule has 0 N–H and O–H groups in total. The SMILES string of the molecule is CN(Cc1ccccc1C(F)(F)F)C(=O)Cn1ncc(=O)c2ccccc21. The van der Waals surface area contributed by atoms with Crippen molar-refractivity contribution >= 4 is 16.8 Å². The maximum absolute atomic E-state index is 13.1. The van der Waals surface area contributed by atoms with Crippen LogP contribution in [0.25, 0.3) is 10.9 Å². The summed E-state index contributed by atoms with van der Waals surface area (Å²) in [5.74, 6) is -0.423. The lowest BCUT2D eigenvalue weighted by atomic mass is 10.1. The normalized spacial score (nSPS) is 11.6. The van der Waals surface area contributed by atoms with Gasteiger partial charge in [-0.3, -0.25) is 14.3 Å². The lowest BCUT2D eigenvalue weighted by molar-refractivity contribution is -0.139. The average Bonchev–Trinajstić information content (AvgIpc) is 2.63. The summed E-state index contributed by atoms with van der Waals surface area (Å²) in [4.78, 5) is 25.6. The van der Waals surface area contributed by atoms with Gasteiger partial charge in [-0.1, -0.05) is 30.3 Å². The molecule has 0 unspecified atom stereocenters. The Labute approximate surface area is 152 Å². The van der Waals surface area contributed by atoms with E-state index < -0.39 is 17.6 Å². The fourth-order valence-corrected chi connectivity index (χ4v) is 2.81. The highest BCUT2D eigenvalue weighted by Gasteiger charge is 2.33. The van der Waals surface area contributed by atoms with Gasteiger partial charge in [0.25, 0.3) is 0 Å². The van der Waals surface area contributed by atoms with Gasteiger partial charge < -0.3 is 4.90 Å². The number of carbonyl (C=O) groups excluding carboxylic acids is 1. The predicted octanol–water partition coefficient (Wildman–Crippen LogP) is 3.07.